The molecule has 134 valence electrons. The third-order valence-electron chi connectivity index (χ3n) is 4.49. The smallest absolute Gasteiger partial charge is 0.226 e. The average molecular weight is 341 g/mol. The zero-order valence-electron chi connectivity index (χ0n) is 15.3. The predicted molar refractivity (Wildman–Crippen MR) is 101 cm³/mol. The second-order valence-electron chi connectivity index (χ2n) is 6.67. The Bertz CT molecular complexity index is 691. The van der Waals surface area contributed by atoms with Gasteiger partial charge < -0.3 is 15.0 Å². The molecular formula is C19H27N5O. The zero-order valence-corrected chi connectivity index (χ0v) is 15.3. The van der Waals surface area contributed by atoms with E-state index in [-0.39, 0.29) is 0 Å². The maximum Gasteiger partial charge on any atom is 0.226 e. The number of aromatic nitrogens is 2. The normalized spacial score (nSPS) is 18.0. The van der Waals surface area contributed by atoms with Gasteiger partial charge in [0.05, 0.1) is 7.11 Å². The van der Waals surface area contributed by atoms with E-state index in [0.29, 0.717) is 6.04 Å². The van der Waals surface area contributed by atoms with Crippen molar-refractivity contribution in [3.8, 4) is 5.75 Å². The number of rotatable bonds is 6. The van der Waals surface area contributed by atoms with Crippen LogP contribution in [0.5, 0.6) is 5.75 Å². The predicted octanol–water partition coefficient (Wildman–Crippen LogP) is 2.63. The Balaban J connectivity index is 1.62. The standard InChI is InChI=1S/C19H27N5O/c1-23(2)19-20-11-10-18(22-19)21-16-8-6-12-24(14-16)13-15-7-4-5-9-17(15)25-3/h4-5,7,9-11,16H,6,8,12-14H2,1-3H3,(H,20,21,22). The van der Waals surface area contributed by atoms with Crippen molar-refractivity contribution in [2.24, 2.45) is 0 Å². The molecule has 3 rings (SSSR count). The van der Waals surface area contributed by atoms with Crippen LogP contribution in [-0.4, -0.2) is 55.2 Å². The van der Waals surface area contributed by atoms with Crippen molar-refractivity contribution < 1.29 is 4.74 Å². The van der Waals surface area contributed by atoms with E-state index < -0.39 is 0 Å². The third kappa shape index (κ3) is 4.60. The minimum absolute atomic E-state index is 0.397. The first-order valence-electron chi connectivity index (χ1n) is 8.77. The lowest BCUT2D eigenvalue weighted by molar-refractivity contribution is 0.206. The molecule has 1 saturated heterocycles. The fraction of sp³-hybridized carbons (Fsp3) is 0.474. The van der Waals surface area contributed by atoms with E-state index in [4.69, 9.17) is 4.74 Å². The van der Waals surface area contributed by atoms with Gasteiger partial charge in [0, 0.05) is 45.0 Å². The fourth-order valence-corrected chi connectivity index (χ4v) is 3.24. The monoisotopic (exact) mass is 341 g/mol. The molecule has 1 unspecified atom stereocenters. The highest BCUT2D eigenvalue weighted by molar-refractivity contribution is 5.41. The number of piperidine rings is 1. The summed E-state index contributed by atoms with van der Waals surface area (Å²) in [6.45, 7) is 3.03. The van der Waals surface area contributed by atoms with Gasteiger partial charge in [0.25, 0.3) is 0 Å². The first-order chi connectivity index (χ1) is 12.2. The Morgan fingerprint density at radius 1 is 1.28 bits per heavy atom. The summed E-state index contributed by atoms with van der Waals surface area (Å²) < 4.78 is 5.48. The molecule has 0 aliphatic carbocycles. The van der Waals surface area contributed by atoms with E-state index >= 15 is 0 Å². The molecule has 0 saturated carbocycles. The van der Waals surface area contributed by atoms with Gasteiger partial charge in [0.2, 0.25) is 5.95 Å². The highest BCUT2D eigenvalue weighted by Crippen LogP contribution is 2.22. The number of hydrogen-bond acceptors (Lipinski definition) is 6. The summed E-state index contributed by atoms with van der Waals surface area (Å²) in [5, 5.41) is 3.57. The van der Waals surface area contributed by atoms with Gasteiger partial charge in [0.15, 0.2) is 0 Å². The van der Waals surface area contributed by atoms with Crippen LogP contribution in [0.3, 0.4) is 0 Å². The van der Waals surface area contributed by atoms with E-state index in [1.807, 2.05) is 37.2 Å². The lowest BCUT2D eigenvalue weighted by atomic mass is 10.0. The number of likely N-dealkylation sites (tertiary alicyclic amines) is 1. The molecular weight excluding hydrogens is 314 g/mol. The topological polar surface area (TPSA) is 53.5 Å². The van der Waals surface area contributed by atoms with Crippen LogP contribution in [0.25, 0.3) is 0 Å². The number of anilines is 2. The molecule has 25 heavy (non-hydrogen) atoms. The number of methoxy groups -OCH3 is 1. The summed E-state index contributed by atoms with van der Waals surface area (Å²) >= 11 is 0. The largest absolute Gasteiger partial charge is 0.496 e. The van der Waals surface area contributed by atoms with Crippen LogP contribution in [0.1, 0.15) is 18.4 Å². The van der Waals surface area contributed by atoms with Crippen LogP contribution >= 0.6 is 0 Å². The fourth-order valence-electron chi connectivity index (χ4n) is 3.24. The third-order valence-corrected chi connectivity index (χ3v) is 4.49. The number of para-hydroxylation sites is 1. The molecule has 2 aromatic rings. The average Bonchev–Trinajstić information content (AvgIpc) is 2.63. The minimum Gasteiger partial charge on any atom is -0.496 e. The molecule has 0 amide bonds. The van der Waals surface area contributed by atoms with Crippen molar-refractivity contribution in [1.82, 2.24) is 14.9 Å². The van der Waals surface area contributed by atoms with Crippen molar-refractivity contribution in [2.45, 2.75) is 25.4 Å². The molecule has 6 heteroatoms. The molecule has 1 N–H and O–H groups in total. The summed E-state index contributed by atoms with van der Waals surface area (Å²) in [5.74, 6) is 2.58. The second-order valence-corrected chi connectivity index (χ2v) is 6.67. The van der Waals surface area contributed by atoms with E-state index in [2.05, 4.69) is 32.3 Å². The van der Waals surface area contributed by atoms with Crippen molar-refractivity contribution in [3.63, 3.8) is 0 Å². The van der Waals surface area contributed by atoms with Crippen LogP contribution in [0.2, 0.25) is 0 Å². The quantitative estimate of drug-likeness (QED) is 0.872. The van der Waals surface area contributed by atoms with Crippen LogP contribution in [0, 0.1) is 0 Å². The maximum atomic E-state index is 5.48. The van der Waals surface area contributed by atoms with E-state index in [9.17, 15) is 0 Å². The molecule has 0 bridgehead atoms. The molecule has 0 spiro atoms. The highest BCUT2D eigenvalue weighted by atomic mass is 16.5. The molecule has 6 nitrogen and oxygen atoms in total. The van der Waals surface area contributed by atoms with Gasteiger partial charge in [-0.1, -0.05) is 18.2 Å². The van der Waals surface area contributed by atoms with Gasteiger partial charge in [-0.15, -0.1) is 0 Å². The van der Waals surface area contributed by atoms with Gasteiger partial charge >= 0.3 is 0 Å². The van der Waals surface area contributed by atoms with Crippen LogP contribution in [0.4, 0.5) is 11.8 Å². The Kier molecular flexibility index (Phi) is 5.71. The lowest BCUT2D eigenvalue weighted by Gasteiger charge is -2.33. The second kappa shape index (κ2) is 8.16. The number of nitrogens with zero attached hydrogens (tertiary/aromatic N) is 4. The molecule has 1 aromatic carbocycles. The summed E-state index contributed by atoms with van der Waals surface area (Å²) in [5.41, 5.74) is 1.24. The zero-order chi connectivity index (χ0) is 17.6. The summed E-state index contributed by atoms with van der Waals surface area (Å²) in [7, 11) is 5.64. The van der Waals surface area contributed by atoms with Gasteiger partial charge in [-0.25, -0.2) is 4.98 Å². The summed E-state index contributed by atoms with van der Waals surface area (Å²) in [4.78, 5) is 13.2. The van der Waals surface area contributed by atoms with Gasteiger partial charge in [-0.3, -0.25) is 4.90 Å². The summed E-state index contributed by atoms with van der Waals surface area (Å²) in [6.07, 6.45) is 4.14. The highest BCUT2D eigenvalue weighted by Gasteiger charge is 2.21. The molecule has 2 heterocycles. The first-order valence-corrected chi connectivity index (χ1v) is 8.77. The van der Waals surface area contributed by atoms with Crippen LogP contribution in [0.15, 0.2) is 36.5 Å². The molecule has 1 fully saturated rings. The van der Waals surface area contributed by atoms with Crippen molar-refractivity contribution in [3.05, 3.63) is 42.1 Å². The Morgan fingerprint density at radius 3 is 2.92 bits per heavy atom. The Labute approximate surface area is 149 Å². The maximum absolute atomic E-state index is 5.48. The van der Waals surface area contributed by atoms with Crippen molar-refractivity contribution >= 4 is 11.8 Å². The SMILES string of the molecule is COc1ccccc1CN1CCCC(Nc2ccnc(N(C)C)n2)C1. The Morgan fingerprint density at radius 2 is 2.12 bits per heavy atom. The van der Waals surface area contributed by atoms with Crippen LogP contribution < -0.4 is 15.0 Å². The molecule has 1 aliphatic heterocycles. The van der Waals surface area contributed by atoms with Gasteiger partial charge in [-0.2, -0.15) is 4.98 Å². The number of nitrogens with one attached hydrogen (secondary N) is 1. The van der Waals surface area contributed by atoms with Gasteiger partial charge in [0.1, 0.15) is 11.6 Å². The van der Waals surface area contributed by atoms with E-state index in [1.54, 1.807) is 13.3 Å². The molecule has 1 atom stereocenters. The summed E-state index contributed by atoms with van der Waals surface area (Å²) in [6, 6.07) is 10.6. The lowest BCUT2D eigenvalue weighted by Crippen LogP contribution is -2.41. The Hall–Kier alpha value is -2.34. The molecule has 1 aliphatic rings. The number of hydrogen-bond donors (Lipinski definition) is 1. The minimum atomic E-state index is 0.397. The van der Waals surface area contributed by atoms with E-state index in [0.717, 1.165) is 43.6 Å². The number of ether oxygens (including phenoxy) is 1. The molecule has 0 radical (unpaired) electrons. The van der Waals surface area contributed by atoms with Crippen molar-refractivity contribution in [1.29, 1.82) is 0 Å². The molecule has 1 aromatic heterocycles. The van der Waals surface area contributed by atoms with Gasteiger partial charge in [-0.05, 0) is 31.5 Å². The van der Waals surface area contributed by atoms with E-state index in [1.165, 1.54) is 12.0 Å². The number of benzene rings is 1. The van der Waals surface area contributed by atoms with Crippen LogP contribution in [-0.2, 0) is 6.54 Å². The van der Waals surface area contributed by atoms with Crippen molar-refractivity contribution in [2.75, 3.05) is 44.5 Å². The first kappa shape index (κ1) is 17.5.